The Morgan fingerprint density at radius 3 is 1.36 bits per heavy atom. The summed E-state index contributed by atoms with van der Waals surface area (Å²) in [6.45, 7) is 6.64. The first-order chi connectivity index (χ1) is 10.5. The fourth-order valence-electron chi connectivity index (χ4n) is 2.28. The summed E-state index contributed by atoms with van der Waals surface area (Å²) in [6.07, 6.45) is 2.63. The van der Waals surface area contributed by atoms with Crippen LogP contribution in [0.2, 0.25) is 0 Å². The van der Waals surface area contributed by atoms with E-state index in [-0.39, 0.29) is 12.2 Å². The number of aldehydes is 2. The van der Waals surface area contributed by atoms with Crippen LogP contribution in [0.4, 0.5) is 0 Å². The normalized spacial score (nSPS) is 23.8. The van der Waals surface area contributed by atoms with Crippen LogP contribution in [0.1, 0.15) is 25.7 Å². The molecule has 0 aliphatic heterocycles. The molecule has 1 rings (SSSR count). The minimum absolute atomic E-state index is 0.233. The Kier molecular flexibility index (Phi) is 7.56. The van der Waals surface area contributed by atoms with E-state index in [1.54, 1.807) is 0 Å². The fraction of sp³-hybridized carbons (Fsp3) is 0.500. The highest BCUT2D eigenvalue weighted by molar-refractivity contribution is 6.03. The molecule has 1 fully saturated rings. The summed E-state index contributed by atoms with van der Waals surface area (Å²) in [5, 5.41) is 0. The van der Waals surface area contributed by atoms with Gasteiger partial charge >= 0.3 is 0 Å². The molecule has 120 valence electrons. The van der Waals surface area contributed by atoms with E-state index in [1.165, 1.54) is 0 Å². The smallest absolute Gasteiger partial charge is 0.191 e. The zero-order chi connectivity index (χ0) is 16.5. The maximum Gasteiger partial charge on any atom is 0.191 e. The van der Waals surface area contributed by atoms with Gasteiger partial charge in [-0.1, -0.05) is 13.2 Å². The van der Waals surface area contributed by atoms with E-state index in [2.05, 4.69) is 13.2 Å². The molecule has 2 atom stereocenters. The molecule has 0 heterocycles. The minimum atomic E-state index is -1.12. The summed E-state index contributed by atoms with van der Waals surface area (Å²) in [4.78, 5) is 44.4. The first-order valence-electron chi connectivity index (χ1n) is 7.09. The second-order valence-corrected chi connectivity index (χ2v) is 5.00. The molecule has 0 aromatic carbocycles. The summed E-state index contributed by atoms with van der Waals surface area (Å²) < 4.78 is 10.9. The van der Waals surface area contributed by atoms with Crippen LogP contribution in [0.5, 0.6) is 0 Å². The van der Waals surface area contributed by atoms with Crippen molar-refractivity contribution in [1.29, 1.82) is 0 Å². The third kappa shape index (κ3) is 5.13. The molecule has 0 bridgehead atoms. The van der Waals surface area contributed by atoms with Crippen LogP contribution >= 0.6 is 0 Å². The Morgan fingerprint density at radius 2 is 1.14 bits per heavy atom. The van der Waals surface area contributed by atoms with Gasteiger partial charge in [0.15, 0.2) is 36.3 Å². The Labute approximate surface area is 129 Å². The second kappa shape index (κ2) is 9.17. The van der Waals surface area contributed by atoms with Gasteiger partial charge in [-0.25, -0.2) is 0 Å². The molecule has 22 heavy (non-hydrogen) atoms. The SMILES string of the molecule is C=CC(=O)C(C=O)OC1CCC(OC(C=O)C(=O)C=C)CC1. The number of carbonyl (C=O) groups is 4. The number of carbonyl (C=O) groups excluding carboxylic acids is 4. The van der Waals surface area contributed by atoms with Crippen molar-refractivity contribution in [1.82, 2.24) is 0 Å². The molecule has 0 aromatic heterocycles. The molecule has 0 amide bonds. The van der Waals surface area contributed by atoms with Gasteiger partial charge in [0.2, 0.25) is 0 Å². The Hall–Kier alpha value is -1.92. The maximum absolute atomic E-state index is 11.4. The average Bonchev–Trinajstić information content (AvgIpc) is 2.57. The van der Waals surface area contributed by atoms with E-state index in [1.807, 2.05) is 0 Å². The lowest BCUT2D eigenvalue weighted by molar-refractivity contribution is -0.145. The second-order valence-electron chi connectivity index (χ2n) is 5.00. The minimum Gasteiger partial charge on any atom is -0.359 e. The van der Waals surface area contributed by atoms with Crippen molar-refractivity contribution in [2.45, 2.75) is 50.1 Å². The molecule has 0 radical (unpaired) electrons. The Morgan fingerprint density at radius 1 is 0.818 bits per heavy atom. The summed E-state index contributed by atoms with van der Waals surface area (Å²) in [7, 11) is 0. The summed E-state index contributed by atoms with van der Waals surface area (Å²) in [5.74, 6) is -0.933. The molecule has 1 aliphatic rings. The summed E-state index contributed by atoms with van der Waals surface area (Å²) in [6, 6.07) is 0. The van der Waals surface area contributed by atoms with Crippen LogP contribution < -0.4 is 0 Å². The quantitative estimate of drug-likeness (QED) is 0.340. The topological polar surface area (TPSA) is 86.7 Å². The van der Waals surface area contributed by atoms with E-state index in [0.717, 1.165) is 12.2 Å². The van der Waals surface area contributed by atoms with E-state index >= 15 is 0 Å². The standard InChI is InChI=1S/C16H20O6/c1-3-13(19)15(9-17)21-11-5-7-12(8-6-11)22-16(10-18)14(20)4-2/h3-4,9-12,15-16H,1-2,5-8H2. The van der Waals surface area contributed by atoms with Crippen molar-refractivity contribution in [3.8, 4) is 0 Å². The van der Waals surface area contributed by atoms with E-state index < -0.39 is 23.8 Å². The van der Waals surface area contributed by atoms with Crippen molar-refractivity contribution in [3.05, 3.63) is 25.3 Å². The lowest BCUT2D eigenvalue weighted by Crippen LogP contribution is -2.36. The molecule has 6 heteroatoms. The van der Waals surface area contributed by atoms with Gasteiger partial charge < -0.3 is 9.47 Å². The van der Waals surface area contributed by atoms with Crippen LogP contribution in [0.3, 0.4) is 0 Å². The zero-order valence-electron chi connectivity index (χ0n) is 12.3. The van der Waals surface area contributed by atoms with Crippen LogP contribution in [0.15, 0.2) is 25.3 Å². The maximum atomic E-state index is 11.4. The van der Waals surface area contributed by atoms with E-state index in [0.29, 0.717) is 38.3 Å². The Balaban J connectivity index is 2.46. The molecule has 0 aromatic rings. The van der Waals surface area contributed by atoms with Crippen molar-refractivity contribution in [3.63, 3.8) is 0 Å². The third-order valence-corrected chi connectivity index (χ3v) is 3.51. The van der Waals surface area contributed by atoms with Gasteiger partial charge in [0.1, 0.15) is 0 Å². The highest BCUT2D eigenvalue weighted by Gasteiger charge is 2.29. The molecular formula is C16H20O6. The number of ketones is 2. The first kappa shape index (κ1) is 18.1. The third-order valence-electron chi connectivity index (χ3n) is 3.51. The highest BCUT2D eigenvalue weighted by Crippen LogP contribution is 2.25. The predicted molar refractivity (Wildman–Crippen MR) is 78.3 cm³/mol. The molecular weight excluding hydrogens is 288 g/mol. The van der Waals surface area contributed by atoms with Crippen LogP contribution in [-0.4, -0.2) is 48.6 Å². The largest absolute Gasteiger partial charge is 0.359 e. The number of hydrogen-bond donors (Lipinski definition) is 0. The Bertz CT molecular complexity index is 406. The van der Waals surface area contributed by atoms with Crippen LogP contribution in [-0.2, 0) is 28.7 Å². The van der Waals surface area contributed by atoms with Crippen LogP contribution in [0.25, 0.3) is 0 Å². The van der Waals surface area contributed by atoms with Gasteiger partial charge in [0, 0.05) is 0 Å². The number of hydrogen-bond acceptors (Lipinski definition) is 6. The van der Waals surface area contributed by atoms with Crippen molar-refractivity contribution in [2.24, 2.45) is 0 Å². The average molecular weight is 308 g/mol. The lowest BCUT2D eigenvalue weighted by Gasteiger charge is -2.30. The molecule has 0 N–H and O–H groups in total. The fourth-order valence-corrected chi connectivity index (χ4v) is 2.28. The van der Waals surface area contributed by atoms with Crippen molar-refractivity contribution in [2.75, 3.05) is 0 Å². The van der Waals surface area contributed by atoms with Crippen molar-refractivity contribution >= 4 is 24.1 Å². The molecule has 1 saturated carbocycles. The van der Waals surface area contributed by atoms with Gasteiger partial charge in [-0.3, -0.25) is 19.2 Å². The number of rotatable bonds is 10. The van der Waals surface area contributed by atoms with Gasteiger partial charge in [-0.2, -0.15) is 0 Å². The van der Waals surface area contributed by atoms with Gasteiger partial charge in [-0.05, 0) is 37.8 Å². The van der Waals surface area contributed by atoms with Crippen LogP contribution in [0, 0.1) is 0 Å². The first-order valence-corrected chi connectivity index (χ1v) is 7.09. The number of ether oxygens (including phenoxy) is 2. The molecule has 0 saturated heterocycles. The zero-order valence-corrected chi connectivity index (χ0v) is 12.3. The molecule has 1 aliphatic carbocycles. The molecule has 6 nitrogen and oxygen atoms in total. The van der Waals surface area contributed by atoms with Gasteiger partial charge in [-0.15, -0.1) is 0 Å². The monoisotopic (exact) mass is 308 g/mol. The summed E-state index contributed by atoms with van der Waals surface area (Å²) in [5.41, 5.74) is 0. The molecule has 2 unspecified atom stereocenters. The van der Waals surface area contributed by atoms with E-state index in [4.69, 9.17) is 9.47 Å². The molecule has 0 spiro atoms. The van der Waals surface area contributed by atoms with Gasteiger partial charge in [0.05, 0.1) is 12.2 Å². The van der Waals surface area contributed by atoms with Gasteiger partial charge in [0.25, 0.3) is 0 Å². The van der Waals surface area contributed by atoms with E-state index in [9.17, 15) is 19.2 Å². The van der Waals surface area contributed by atoms with Crippen molar-refractivity contribution < 1.29 is 28.7 Å². The summed E-state index contributed by atoms with van der Waals surface area (Å²) >= 11 is 0. The predicted octanol–water partition coefficient (Wildman–Crippen LogP) is 0.976. The lowest BCUT2D eigenvalue weighted by atomic mass is 9.94. The highest BCUT2D eigenvalue weighted by atomic mass is 16.5.